The second-order valence-corrected chi connectivity index (χ2v) is 6.03. The molecule has 1 amide bonds. The first-order valence-electron chi connectivity index (χ1n) is 9.00. The third-order valence-electron chi connectivity index (χ3n) is 3.97. The lowest BCUT2D eigenvalue weighted by Crippen LogP contribution is -2.22. The highest BCUT2D eigenvalue weighted by Gasteiger charge is 2.11. The fourth-order valence-corrected chi connectivity index (χ4v) is 2.63. The lowest BCUT2D eigenvalue weighted by Gasteiger charge is -2.11. The lowest BCUT2D eigenvalue weighted by molar-refractivity contribution is -0.147. The number of benzene rings is 3. The van der Waals surface area contributed by atoms with Crippen molar-refractivity contribution in [3.63, 3.8) is 0 Å². The molecule has 0 saturated heterocycles. The van der Waals surface area contributed by atoms with Gasteiger partial charge in [0.15, 0.2) is 6.61 Å². The Morgan fingerprint density at radius 2 is 1.43 bits per heavy atom. The summed E-state index contributed by atoms with van der Waals surface area (Å²) in [5.41, 5.74) is 2.56. The van der Waals surface area contributed by atoms with Gasteiger partial charge in [-0.05, 0) is 23.8 Å². The van der Waals surface area contributed by atoms with Gasteiger partial charge < -0.3 is 14.8 Å². The van der Waals surface area contributed by atoms with Crippen LogP contribution < -0.4 is 10.1 Å². The molecule has 0 spiro atoms. The van der Waals surface area contributed by atoms with E-state index in [1.807, 2.05) is 84.9 Å². The molecule has 0 atom stereocenters. The fraction of sp³-hybridized carbons (Fsp3) is 0.130. The monoisotopic (exact) mass is 375 g/mol. The van der Waals surface area contributed by atoms with Crippen LogP contribution in [0.25, 0.3) is 11.1 Å². The third kappa shape index (κ3) is 5.71. The average Bonchev–Trinajstić information content (AvgIpc) is 2.74. The summed E-state index contributed by atoms with van der Waals surface area (Å²) in [6.07, 6.45) is 0.0722. The number of rotatable bonds is 8. The van der Waals surface area contributed by atoms with Crippen molar-refractivity contribution in [3.05, 3.63) is 84.9 Å². The predicted octanol–water partition coefficient (Wildman–Crippen LogP) is 4.30. The minimum absolute atomic E-state index is 0.0722. The minimum atomic E-state index is -0.484. The van der Waals surface area contributed by atoms with Gasteiger partial charge in [-0.1, -0.05) is 66.7 Å². The second kappa shape index (κ2) is 9.92. The Bertz CT molecular complexity index is 910. The molecule has 142 valence electrons. The van der Waals surface area contributed by atoms with E-state index in [-0.39, 0.29) is 25.5 Å². The smallest absolute Gasteiger partial charge is 0.309 e. The SMILES string of the molecule is O=C(COC(=O)CCOc1ccccc1)Nc1ccccc1-c1ccccc1. The molecule has 0 aliphatic carbocycles. The highest BCUT2D eigenvalue weighted by atomic mass is 16.5. The zero-order valence-electron chi connectivity index (χ0n) is 15.3. The van der Waals surface area contributed by atoms with Crippen molar-refractivity contribution in [2.24, 2.45) is 0 Å². The van der Waals surface area contributed by atoms with Crippen LogP contribution in [-0.4, -0.2) is 25.1 Å². The molecular weight excluding hydrogens is 354 g/mol. The first-order chi connectivity index (χ1) is 13.7. The van der Waals surface area contributed by atoms with Gasteiger partial charge in [-0.15, -0.1) is 0 Å². The van der Waals surface area contributed by atoms with E-state index in [9.17, 15) is 9.59 Å². The summed E-state index contributed by atoms with van der Waals surface area (Å²) in [4.78, 5) is 24.0. The molecule has 3 aromatic carbocycles. The topological polar surface area (TPSA) is 64.6 Å². The molecule has 0 saturated carbocycles. The first-order valence-corrected chi connectivity index (χ1v) is 9.00. The van der Waals surface area contributed by atoms with Gasteiger partial charge in [0, 0.05) is 11.3 Å². The number of nitrogens with one attached hydrogen (secondary N) is 1. The Hall–Kier alpha value is -3.60. The number of hydrogen-bond donors (Lipinski definition) is 1. The van der Waals surface area contributed by atoms with Crippen molar-refractivity contribution in [3.8, 4) is 16.9 Å². The van der Waals surface area contributed by atoms with E-state index in [0.29, 0.717) is 11.4 Å². The van der Waals surface area contributed by atoms with Gasteiger partial charge in [-0.3, -0.25) is 9.59 Å². The standard InChI is InChI=1S/C23H21NO4/c25-22(17-28-23(26)15-16-27-19-11-5-2-6-12-19)24-21-14-8-7-13-20(21)18-9-3-1-4-10-18/h1-14H,15-17H2,(H,24,25). The lowest BCUT2D eigenvalue weighted by atomic mass is 10.0. The molecule has 3 rings (SSSR count). The summed E-state index contributed by atoms with van der Waals surface area (Å²) in [5, 5.41) is 2.80. The quantitative estimate of drug-likeness (QED) is 0.596. The van der Waals surface area contributed by atoms with E-state index < -0.39 is 5.97 Å². The number of amides is 1. The number of carbonyl (C=O) groups excluding carboxylic acids is 2. The number of hydrogen-bond acceptors (Lipinski definition) is 4. The maximum absolute atomic E-state index is 12.2. The fourth-order valence-electron chi connectivity index (χ4n) is 2.63. The first kappa shape index (κ1) is 19.2. The number of ether oxygens (including phenoxy) is 2. The third-order valence-corrected chi connectivity index (χ3v) is 3.97. The number of anilines is 1. The molecule has 0 aromatic heterocycles. The molecule has 3 aromatic rings. The molecule has 0 radical (unpaired) electrons. The van der Waals surface area contributed by atoms with Crippen LogP contribution in [-0.2, 0) is 14.3 Å². The summed E-state index contributed by atoms with van der Waals surface area (Å²) >= 11 is 0. The van der Waals surface area contributed by atoms with Crippen LogP contribution in [0, 0.1) is 0 Å². The van der Waals surface area contributed by atoms with Crippen LogP contribution in [0.4, 0.5) is 5.69 Å². The summed E-state index contributed by atoms with van der Waals surface area (Å²) in [5.74, 6) is -0.186. The van der Waals surface area contributed by atoms with Crippen LogP contribution >= 0.6 is 0 Å². The highest BCUT2D eigenvalue weighted by Crippen LogP contribution is 2.27. The zero-order chi connectivity index (χ0) is 19.6. The number of carbonyl (C=O) groups is 2. The summed E-state index contributed by atoms with van der Waals surface area (Å²) in [7, 11) is 0. The Labute approximate surface area is 163 Å². The van der Waals surface area contributed by atoms with Crippen molar-refractivity contribution < 1.29 is 19.1 Å². The molecule has 1 N–H and O–H groups in total. The van der Waals surface area contributed by atoms with E-state index in [1.165, 1.54) is 0 Å². The van der Waals surface area contributed by atoms with E-state index in [2.05, 4.69) is 5.32 Å². The van der Waals surface area contributed by atoms with Crippen LogP contribution in [0.5, 0.6) is 5.75 Å². The maximum atomic E-state index is 12.2. The van der Waals surface area contributed by atoms with Crippen molar-refractivity contribution in [2.45, 2.75) is 6.42 Å². The maximum Gasteiger partial charge on any atom is 0.309 e. The van der Waals surface area contributed by atoms with E-state index in [0.717, 1.165) is 11.1 Å². The minimum Gasteiger partial charge on any atom is -0.493 e. The van der Waals surface area contributed by atoms with Gasteiger partial charge in [0.1, 0.15) is 5.75 Å². The van der Waals surface area contributed by atoms with Crippen LogP contribution in [0.1, 0.15) is 6.42 Å². The van der Waals surface area contributed by atoms with Gasteiger partial charge in [0.25, 0.3) is 5.91 Å². The van der Waals surface area contributed by atoms with Gasteiger partial charge in [0.2, 0.25) is 0 Å². The highest BCUT2D eigenvalue weighted by molar-refractivity contribution is 5.96. The molecule has 0 fully saturated rings. The average molecular weight is 375 g/mol. The number of esters is 1. The Morgan fingerprint density at radius 3 is 2.18 bits per heavy atom. The molecule has 0 aliphatic heterocycles. The molecule has 0 aliphatic rings. The van der Waals surface area contributed by atoms with Crippen molar-refractivity contribution in [1.82, 2.24) is 0 Å². The van der Waals surface area contributed by atoms with Crippen molar-refractivity contribution in [2.75, 3.05) is 18.5 Å². The number of para-hydroxylation sites is 2. The molecule has 5 nitrogen and oxygen atoms in total. The van der Waals surface area contributed by atoms with Gasteiger partial charge >= 0.3 is 5.97 Å². The van der Waals surface area contributed by atoms with Crippen LogP contribution in [0.2, 0.25) is 0 Å². The van der Waals surface area contributed by atoms with Gasteiger partial charge in [-0.2, -0.15) is 0 Å². The van der Waals surface area contributed by atoms with Crippen molar-refractivity contribution >= 4 is 17.6 Å². The zero-order valence-corrected chi connectivity index (χ0v) is 15.3. The molecular formula is C23H21NO4. The molecule has 28 heavy (non-hydrogen) atoms. The van der Waals surface area contributed by atoms with Gasteiger partial charge in [-0.25, -0.2) is 0 Å². The summed E-state index contributed by atoms with van der Waals surface area (Å²) in [6.45, 7) is -0.144. The van der Waals surface area contributed by atoms with Crippen molar-refractivity contribution in [1.29, 1.82) is 0 Å². The summed E-state index contributed by atoms with van der Waals surface area (Å²) < 4.78 is 10.5. The molecule has 0 bridgehead atoms. The predicted molar refractivity (Wildman–Crippen MR) is 108 cm³/mol. The van der Waals surface area contributed by atoms with Crippen LogP contribution in [0.3, 0.4) is 0 Å². The largest absolute Gasteiger partial charge is 0.493 e. The van der Waals surface area contributed by atoms with E-state index in [1.54, 1.807) is 0 Å². The molecule has 0 heterocycles. The van der Waals surface area contributed by atoms with E-state index >= 15 is 0 Å². The molecule has 0 unspecified atom stereocenters. The Kier molecular flexibility index (Phi) is 6.79. The van der Waals surface area contributed by atoms with Crippen LogP contribution in [0.15, 0.2) is 84.9 Å². The Balaban J connectivity index is 1.46. The Morgan fingerprint density at radius 1 is 0.786 bits per heavy atom. The van der Waals surface area contributed by atoms with E-state index in [4.69, 9.17) is 9.47 Å². The second-order valence-electron chi connectivity index (χ2n) is 6.03. The summed E-state index contributed by atoms with van der Waals surface area (Å²) in [6, 6.07) is 26.5. The molecule has 5 heteroatoms. The normalized spacial score (nSPS) is 10.1. The van der Waals surface area contributed by atoms with Gasteiger partial charge in [0.05, 0.1) is 13.0 Å².